The van der Waals surface area contributed by atoms with Gasteiger partial charge < -0.3 is 10.6 Å². The summed E-state index contributed by atoms with van der Waals surface area (Å²) in [5.74, 6) is 0.154. The zero-order chi connectivity index (χ0) is 19.1. The van der Waals surface area contributed by atoms with Crippen molar-refractivity contribution >= 4 is 28.9 Å². The van der Waals surface area contributed by atoms with Crippen molar-refractivity contribution in [2.75, 3.05) is 0 Å². The molecule has 0 aromatic heterocycles. The molecular weight excluding hydrogens is 388 g/mol. The second kappa shape index (κ2) is 6.91. The van der Waals surface area contributed by atoms with Crippen LogP contribution >= 0.6 is 23.2 Å². The minimum absolute atomic E-state index is 0.0952. The zero-order valence-corrected chi connectivity index (χ0v) is 15.4. The summed E-state index contributed by atoms with van der Waals surface area (Å²) in [4.78, 5) is 4.99. The molecule has 0 saturated heterocycles. The van der Waals surface area contributed by atoms with E-state index in [-0.39, 0.29) is 33.3 Å². The molecule has 1 aromatic rings. The molecule has 1 aliphatic heterocycles. The van der Waals surface area contributed by atoms with Crippen molar-refractivity contribution in [3.63, 3.8) is 0 Å². The summed E-state index contributed by atoms with van der Waals surface area (Å²) in [6.07, 6.45) is 1.03. The summed E-state index contributed by atoms with van der Waals surface area (Å²) in [7, 11) is 0. The van der Waals surface area contributed by atoms with Crippen LogP contribution in [0.5, 0.6) is 0 Å². The van der Waals surface area contributed by atoms with Gasteiger partial charge in [0, 0.05) is 28.1 Å². The lowest BCUT2D eigenvalue weighted by molar-refractivity contribution is -0.275. The van der Waals surface area contributed by atoms with Crippen LogP contribution in [0.15, 0.2) is 47.2 Å². The fourth-order valence-corrected chi connectivity index (χ4v) is 3.71. The number of nitrogens with two attached hydrogens (primary N) is 1. The van der Waals surface area contributed by atoms with Crippen molar-refractivity contribution in [1.82, 2.24) is 0 Å². The molecule has 3 rings (SSSR count). The highest BCUT2D eigenvalue weighted by Gasteiger charge is 2.62. The van der Waals surface area contributed by atoms with Crippen molar-refractivity contribution in [2.45, 2.75) is 37.6 Å². The first kappa shape index (κ1) is 19.3. The quantitative estimate of drug-likeness (QED) is 0.735. The highest BCUT2D eigenvalue weighted by atomic mass is 35.5. The lowest BCUT2D eigenvalue weighted by Gasteiger charge is -2.30. The second-order valence-electron chi connectivity index (χ2n) is 6.42. The Morgan fingerprint density at radius 2 is 1.92 bits per heavy atom. The summed E-state index contributed by atoms with van der Waals surface area (Å²) < 4.78 is 41.9. The van der Waals surface area contributed by atoms with Crippen LogP contribution < -0.4 is 5.73 Å². The molecule has 0 fully saturated rings. The Kier molecular flexibility index (Phi) is 5.12. The maximum atomic E-state index is 14.0. The van der Waals surface area contributed by atoms with Gasteiger partial charge in [0.05, 0.1) is 5.71 Å². The molecule has 1 aromatic carbocycles. The minimum Gasteiger partial charge on any atom is -0.374 e. The van der Waals surface area contributed by atoms with E-state index >= 15 is 0 Å². The fourth-order valence-electron chi connectivity index (χ4n) is 3.19. The van der Waals surface area contributed by atoms with Gasteiger partial charge in [-0.1, -0.05) is 53.5 Å². The van der Waals surface area contributed by atoms with Gasteiger partial charge in [0.1, 0.15) is 0 Å². The van der Waals surface area contributed by atoms with Crippen LogP contribution in [0.25, 0.3) is 0 Å². The number of nitrogens with zero attached hydrogens (tertiary/aromatic N) is 1. The van der Waals surface area contributed by atoms with Crippen LogP contribution in [0.4, 0.5) is 13.2 Å². The van der Waals surface area contributed by atoms with Crippen molar-refractivity contribution in [3.05, 3.63) is 57.6 Å². The summed E-state index contributed by atoms with van der Waals surface area (Å²) in [5, 5.41) is 3.93. The third kappa shape index (κ3) is 3.38. The van der Waals surface area contributed by atoms with E-state index in [2.05, 4.69) is 5.16 Å². The Hall–Kier alpha value is -1.50. The van der Waals surface area contributed by atoms with Crippen molar-refractivity contribution in [3.8, 4) is 0 Å². The average Bonchev–Trinajstić information content (AvgIpc) is 3.00. The van der Waals surface area contributed by atoms with Crippen LogP contribution in [0.1, 0.15) is 25.3 Å². The lowest BCUT2D eigenvalue weighted by atomic mass is 9.83. The number of oxime groups is 1. The van der Waals surface area contributed by atoms with E-state index in [0.717, 1.165) is 6.42 Å². The van der Waals surface area contributed by atoms with Crippen molar-refractivity contribution in [2.24, 2.45) is 16.8 Å². The Balaban J connectivity index is 1.96. The average molecular weight is 405 g/mol. The summed E-state index contributed by atoms with van der Waals surface area (Å²) in [5.41, 5.74) is 4.00. The maximum Gasteiger partial charge on any atom is 0.435 e. The zero-order valence-electron chi connectivity index (χ0n) is 13.9. The van der Waals surface area contributed by atoms with E-state index in [1.807, 2.05) is 13.0 Å². The van der Waals surface area contributed by atoms with Crippen LogP contribution in [0.2, 0.25) is 10.0 Å². The Bertz CT molecular complexity index is 784. The number of halogens is 5. The topological polar surface area (TPSA) is 47.6 Å². The van der Waals surface area contributed by atoms with Crippen LogP contribution in [-0.4, -0.2) is 17.9 Å². The van der Waals surface area contributed by atoms with Gasteiger partial charge in [-0.25, -0.2) is 0 Å². The maximum absolute atomic E-state index is 14.0. The normalized spacial score (nSPS) is 28.6. The van der Waals surface area contributed by atoms with E-state index in [0.29, 0.717) is 5.57 Å². The van der Waals surface area contributed by atoms with Gasteiger partial charge in [-0.3, -0.25) is 0 Å². The molecule has 8 heteroatoms. The van der Waals surface area contributed by atoms with Crippen LogP contribution in [0.3, 0.4) is 0 Å². The number of benzene rings is 1. The molecule has 26 heavy (non-hydrogen) atoms. The molecule has 3 nitrogen and oxygen atoms in total. The third-order valence-corrected chi connectivity index (χ3v) is 5.15. The first-order valence-corrected chi connectivity index (χ1v) is 8.86. The molecule has 2 N–H and O–H groups in total. The fraction of sp³-hybridized carbons (Fsp3) is 0.389. The first-order valence-electron chi connectivity index (χ1n) is 8.10. The molecular formula is C18H17Cl2F3N2O. The lowest BCUT2D eigenvalue weighted by Crippen LogP contribution is -2.42. The van der Waals surface area contributed by atoms with Gasteiger partial charge >= 0.3 is 6.18 Å². The van der Waals surface area contributed by atoms with Gasteiger partial charge in [-0.2, -0.15) is 13.2 Å². The predicted molar refractivity (Wildman–Crippen MR) is 96.3 cm³/mol. The number of hydrogen-bond donors (Lipinski definition) is 1. The largest absolute Gasteiger partial charge is 0.435 e. The number of rotatable bonds is 3. The minimum atomic E-state index is -4.71. The van der Waals surface area contributed by atoms with Crippen LogP contribution in [0, 0.1) is 5.92 Å². The molecule has 0 saturated carbocycles. The standard InChI is InChI=1S/C18H17Cl2F3N2O/c1-2-10-3-4-11(5-15(10)24)16-9-17(26-25-16,18(21,22)23)12-6-13(19)8-14(20)7-12/h3-8,10,15H,2,9,24H2,1H3. The summed E-state index contributed by atoms with van der Waals surface area (Å²) in [6.45, 7) is 2.00. The Morgan fingerprint density at radius 1 is 1.27 bits per heavy atom. The molecule has 1 aliphatic carbocycles. The molecule has 3 atom stereocenters. The number of allylic oxidation sites excluding steroid dienone is 2. The molecule has 1 heterocycles. The molecule has 2 aliphatic rings. The first-order chi connectivity index (χ1) is 12.2. The van der Waals surface area contributed by atoms with Gasteiger partial charge in [-0.05, 0) is 36.1 Å². The van der Waals surface area contributed by atoms with Gasteiger partial charge in [0.25, 0.3) is 5.60 Å². The molecule has 0 radical (unpaired) electrons. The highest BCUT2D eigenvalue weighted by molar-refractivity contribution is 6.34. The van der Waals surface area contributed by atoms with Gasteiger partial charge in [0.15, 0.2) is 0 Å². The molecule has 3 unspecified atom stereocenters. The third-order valence-electron chi connectivity index (χ3n) is 4.71. The smallest absolute Gasteiger partial charge is 0.374 e. The van der Waals surface area contributed by atoms with Crippen molar-refractivity contribution < 1.29 is 18.0 Å². The molecule has 140 valence electrons. The van der Waals surface area contributed by atoms with E-state index in [1.54, 1.807) is 12.2 Å². The number of alkyl halides is 3. The highest BCUT2D eigenvalue weighted by Crippen LogP contribution is 2.50. The molecule has 0 bridgehead atoms. The van der Waals surface area contributed by atoms with Crippen LogP contribution in [-0.2, 0) is 10.4 Å². The SMILES string of the molecule is CCC1C=CC(C2=NOC(c3cc(Cl)cc(Cl)c3)(C(F)(F)F)C2)=CC1N. The van der Waals surface area contributed by atoms with Crippen molar-refractivity contribution in [1.29, 1.82) is 0 Å². The summed E-state index contributed by atoms with van der Waals surface area (Å²) >= 11 is 11.8. The number of hydrogen-bond acceptors (Lipinski definition) is 3. The van der Waals surface area contributed by atoms with E-state index in [1.165, 1.54) is 18.2 Å². The Morgan fingerprint density at radius 3 is 2.46 bits per heavy atom. The van der Waals surface area contributed by atoms with Gasteiger partial charge in [-0.15, -0.1) is 0 Å². The second-order valence-corrected chi connectivity index (χ2v) is 7.29. The predicted octanol–water partition coefficient (Wildman–Crippen LogP) is 5.38. The molecule has 0 spiro atoms. The summed E-state index contributed by atoms with van der Waals surface area (Å²) in [6, 6.07) is 3.49. The van der Waals surface area contributed by atoms with E-state index < -0.39 is 18.2 Å². The molecule has 0 amide bonds. The monoisotopic (exact) mass is 404 g/mol. The van der Waals surface area contributed by atoms with E-state index in [4.69, 9.17) is 33.8 Å². The Labute approximate surface area is 159 Å². The van der Waals surface area contributed by atoms with Gasteiger partial charge in [0.2, 0.25) is 0 Å². The van der Waals surface area contributed by atoms with E-state index in [9.17, 15) is 13.2 Å².